The first kappa shape index (κ1) is 24.0. The number of ketones is 1. The molecule has 0 bridgehead atoms. The maximum Gasteiger partial charge on any atom is 0.222 e. The molecule has 1 aliphatic rings. The lowest BCUT2D eigenvalue weighted by atomic mass is 9.80. The molecule has 0 spiro atoms. The van der Waals surface area contributed by atoms with Gasteiger partial charge in [-0.1, -0.05) is 13.8 Å². The Bertz CT molecular complexity index is 409. The Morgan fingerprint density at radius 2 is 1.44 bits per heavy atom. The van der Waals surface area contributed by atoms with Crippen LogP contribution in [0.3, 0.4) is 0 Å². The van der Waals surface area contributed by atoms with Crippen LogP contribution in [-0.4, -0.2) is 71.0 Å². The van der Waals surface area contributed by atoms with E-state index in [-0.39, 0.29) is 23.8 Å². The van der Waals surface area contributed by atoms with Crippen molar-refractivity contribution >= 4 is 11.7 Å². The van der Waals surface area contributed by atoms with Crippen LogP contribution in [0.2, 0.25) is 0 Å². The molecule has 0 aliphatic heterocycles. The van der Waals surface area contributed by atoms with Crippen molar-refractivity contribution in [2.45, 2.75) is 52.0 Å². The van der Waals surface area contributed by atoms with Crippen LogP contribution in [0, 0.1) is 11.8 Å². The molecular formula is C20H38N2O5. The zero-order chi connectivity index (χ0) is 19.9. The van der Waals surface area contributed by atoms with Gasteiger partial charge in [-0.3, -0.25) is 9.59 Å². The zero-order valence-electron chi connectivity index (χ0n) is 17.3. The fraction of sp³-hybridized carbons (Fsp3) is 0.900. The number of likely N-dealkylation sites (N-methyl/N-ethyl adjacent to an activating group) is 1. The van der Waals surface area contributed by atoms with Gasteiger partial charge in [0.1, 0.15) is 5.78 Å². The Labute approximate surface area is 163 Å². The maximum absolute atomic E-state index is 12.0. The minimum atomic E-state index is 0.0208. The summed E-state index contributed by atoms with van der Waals surface area (Å²) in [5.41, 5.74) is 0. The largest absolute Gasteiger partial charge is 0.379 e. The summed E-state index contributed by atoms with van der Waals surface area (Å²) in [5.74, 6) is 0.663. The quantitative estimate of drug-likeness (QED) is 0.415. The molecule has 1 aliphatic carbocycles. The number of amides is 1. The zero-order valence-corrected chi connectivity index (χ0v) is 17.3. The molecule has 1 fully saturated rings. The summed E-state index contributed by atoms with van der Waals surface area (Å²) in [7, 11) is 1.89. The van der Waals surface area contributed by atoms with Gasteiger partial charge in [0.2, 0.25) is 5.91 Å². The highest BCUT2D eigenvalue weighted by molar-refractivity contribution is 5.83. The minimum Gasteiger partial charge on any atom is -0.379 e. The molecule has 0 atom stereocenters. The monoisotopic (exact) mass is 386 g/mol. The topological polar surface area (TPSA) is 85.9 Å². The Kier molecular flexibility index (Phi) is 13.3. The van der Waals surface area contributed by atoms with Crippen molar-refractivity contribution in [3.63, 3.8) is 0 Å². The molecule has 1 saturated carbocycles. The predicted molar refractivity (Wildman–Crippen MR) is 105 cm³/mol. The Hall–Kier alpha value is -1.02. The van der Waals surface area contributed by atoms with E-state index in [4.69, 9.17) is 14.2 Å². The van der Waals surface area contributed by atoms with Gasteiger partial charge in [-0.2, -0.15) is 0 Å². The number of rotatable bonds is 15. The molecule has 0 saturated heterocycles. The van der Waals surface area contributed by atoms with E-state index in [9.17, 15) is 9.59 Å². The summed E-state index contributed by atoms with van der Waals surface area (Å²) in [4.78, 5) is 24.0. The number of ether oxygens (including phenoxy) is 3. The molecule has 27 heavy (non-hydrogen) atoms. The molecule has 0 aromatic heterocycles. The number of hydrogen-bond acceptors (Lipinski definition) is 6. The Morgan fingerprint density at radius 1 is 0.889 bits per heavy atom. The number of carbonyl (C=O) groups excluding carboxylic acids is 2. The van der Waals surface area contributed by atoms with Crippen molar-refractivity contribution in [2.24, 2.45) is 11.8 Å². The summed E-state index contributed by atoms with van der Waals surface area (Å²) < 4.78 is 16.2. The second kappa shape index (κ2) is 15.0. The molecule has 7 heteroatoms. The van der Waals surface area contributed by atoms with Crippen molar-refractivity contribution in [1.29, 1.82) is 0 Å². The smallest absolute Gasteiger partial charge is 0.222 e. The lowest BCUT2D eigenvalue weighted by molar-refractivity contribution is -0.127. The molecule has 1 rings (SSSR count). The first-order valence-corrected chi connectivity index (χ1v) is 10.3. The molecule has 0 aromatic carbocycles. The molecule has 2 N–H and O–H groups in total. The Morgan fingerprint density at radius 3 is 2.00 bits per heavy atom. The van der Waals surface area contributed by atoms with Gasteiger partial charge < -0.3 is 24.8 Å². The van der Waals surface area contributed by atoms with Crippen LogP contribution in [0.15, 0.2) is 0 Å². The minimum absolute atomic E-state index is 0.0208. The molecule has 7 nitrogen and oxygen atoms in total. The second-order valence-electron chi connectivity index (χ2n) is 7.36. The molecule has 0 radical (unpaired) electrons. The van der Waals surface area contributed by atoms with Gasteiger partial charge in [-0.15, -0.1) is 0 Å². The summed E-state index contributed by atoms with van der Waals surface area (Å²) in [5, 5.41) is 6.07. The Balaban J connectivity index is 1.94. The number of nitrogens with one attached hydrogen (secondary N) is 2. The van der Waals surface area contributed by atoms with Crippen LogP contribution in [0.5, 0.6) is 0 Å². The second-order valence-corrected chi connectivity index (χ2v) is 7.36. The van der Waals surface area contributed by atoms with Gasteiger partial charge in [0, 0.05) is 30.8 Å². The first-order valence-electron chi connectivity index (χ1n) is 10.3. The van der Waals surface area contributed by atoms with Gasteiger partial charge >= 0.3 is 0 Å². The van der Waals surface area contributed by atoms with E-state index in [0.717, 1.165) is 32.2 Å². The highest BCUT2D eigenvalue weighted by Gasteiger charge is 2.28. The SMILES string of the molecule is CNCCOCCOCCOCCC(=O)NC1CCC(C(=O)C(C)C)CC1. The lowest BCUT2D eigenvalue weighted by Gasteiger charge is -2.29. The summed E-state index contributed by atoms with van der Waals surface area (Å²) >= 11 is 0. The van der Waals surface area contributed by atoms with Crippen LogP contribution in [0.1, 0.15) is 46.0 Å². The van der Waals surface area contributed by atoms with Crippen LogP contribution < -0.4 is 10.6 Å². The third-order valence-corrected chi connectivity index (χ3v) is 4.78. The van der Waals surface area contributed by atoms with E-state index in [1.807, 2.05) is 20.9 Å². The summed E-state index contributed by atoms with van der Waals surface area (Å²) in [6, 6.07) is 0.194. The number of carbonyl (C=O) groups is 2. The third-order valence-electron chi connectivity index (χ3n) is 4.78. The molecule has 0 unspecified atom stereocenters. The average molecular weight is 387 g/mol. The van der Waals surface area contributed by atoms with Crippen molar-refractivity contribution in [3.8, 4) is 0 Å². The first-order chi connectivity index (χ1) is 13.0. The van der Waals surface area contributed by atoms with Crippen LogP contribution in [0.4, 0.5) is 0 Å². The van der Waals surface area contributed by atoms with Gasteiger partial charge in [0.05, 0.1) is 39.6 Å². The third kappa shape index (κ3) is 11.4. The van der Waals surface area contributed by atoms with Crippen molar-refractivity contribution < 1.29 is 23.8 Å². The van der Waals surface area contributed by atoms with E-state index in [2.05, 4.69) is 10.6 Å². The van der Waals surface area contributed by atoms with E-state index in [1.54, 1.807) is 0 Å². The normalized spacial score (nSPS) is 20.0. The summed E-state index contributed by atoms with van der Waals surface area (Å²) in [6.07, 6.45) is 3.90. The molecule has 0 heterocycles. The van der Waals surface area contributed by atoms with E-state index in [0.29, 0.717) is 51.8 Å². The van der Waals surface area contributed by atoms with Crippen molar-refractivity contribution in [1.82, 2.24) is 10.6 Å². The van der Waals surface area contributed by atoms with E-state index >= 15 is 0 Å². The van der Waals surface area contributed by atoms with E-state index < -0.39 is 0 Å². The fourth-order valence-corrected chi connectivity index (χ4v) is 3.17. The average Bonchev–Trinajstić information content (AvgIpc) is 2.66. The predicted octanol–water partition coefficient (Wildman–Crippen LogP) is 1.55. The highest BCUT2D eigenvalue weighted by atomic mass is 16.5. The fourth-order valence-electron chi connectivity index (χ4n) is 3.17. The highest BCUT2D eigenvalue weighted by Crippen LogP contribution is 2.27. The molecular weight excluding hydrogens is 348 g/mol. The number of hydrogen-bond donors (Lipinski definition) is 2. The van der Waals surface area contributed by atoms with Crippen molar-refractivity contribution in [3.05, 3.63) is 0 Å². The lowest BCUT2D eigenvalue weighted by Crippen LogP contribution is -2.39. The van der Waals surface area contributed by atoms with Crippen LogP contribution >= 0.6 is 0 Å². The van der Waals surface area contributed by atoms with Gasteiger partial charge in [0.25, 0.3) is 0 Å². The maximum atomic E-state index is 12.0. The molecule has 158 valence electrons. The summed E-state index contributed by atoms with van der Waals surface area (Å²) in [6.45, 7) is 7.95. The van der Waals surface area contributed by atoms with Gasteiger partial charge in [-0.25, -0.2) is 0 Å². The molecule has 0 aromatic rings. The van der Waals surface area contributed by atoms with E-state index in [1.165, 1.54) is 0 Å². The standard InChI is InChI=1S/C20H38N2O5/c1-16(2)20(24)17-4-6-18(7-5-17)22-19(23)8-10-25-12-14-27-15-13-26-11-9-21-3/h16-18,21H,4-15H2,1-3H3,(H,22,23). The van der Waals surface area contributed by atoms with Crippen LogP contribution in [-0.2, 0) is 23.8 Å². The molecule has 1 amide bonds. The van der Waals surface area contributed by atoms with Crippen LogP contribution in [0.25, 0.3) is 0 Å². The van der Waals surface area contributed by atoms with Gasteiger partial charge in [-0.05, 0) is 32.7 Å². The van der Waals surface area contributed by atoms with Gasteiger partial charge in [0.15, 0.2) is 0 Å². The van der Waals surface area contributed by atoms with Crippen molar-refractivity contribution in [2.75, 3.05) is 53.2 Å². The number of Topliss-reactive ketones (excluding diaryl/α,β-unsaturated/α-hetero) is 1.